The Morgan fingerprint density at radius 2 is 1.97 bits per heavy atom. The molecule has 1 saturated heterocycles. The molecule has 0 atom stereocenters. The van der Waals surface area contributed by atoms with E-state index in [1.54, 1.807) is 23.5 Å². The van der Waals surface area contributed by atoms with Gasteiger partial charge in [0.15, 0.2) is 0 Å². The van der Waals surface area contributed by atoms with Crippen LogP contribution in [0.25, 0.3) is 0 Å². The molecule has 8 heteroatoms. The summed E-state index contributed by atoms with van der Waals surface area (Å²) in [6, 6.07) is 8.79. The molecule has 0 spiro atoms. The maximum absolute atomic E-state index is 13.0. The Hall–Kier alpha value is -1.90. The first kappa shape index (κ1) is 22.8. The molecule has 1 aliphatic heterocycles. The number of amides is 1. The van der Waals surface area contributed by atoms with Crippen LogP contribution < -0.4 is 10.1 Å². The first-order valence-electron chi connectivity index (χ1n) is 10.5. The van der Waals surface area contributed by atoms with Crippen LogP contribution in [-0.2, 0) is 21.2 Å². The summed E-state index contributed by atoms with van der Waals surface area (Å²) >= 11 is 1.68. The van der Waals surface area contributed by atoms with E-state index >= 15 is 0 Å². The molecule has 1 amide bonds. The first-order chi connectivity index (χ1) is 14.4. The Morgan fingerprint density at radius 3 is 2.63 bits per heavy atom. The summed E-state index contributed by atoms with van der Waals surface area (Å²) in [5.41, 5.74) is 0.405. The number of thiophene rings is 1. The van der Waals surface area contributed by atoms with Crippen LogP contribution in [0.3, 0.4) is 0 Å². The van der Waals surface area contributed by atoms with Gasteiger partial charge in [-0.3, -0.25) is 4.79 Å². The molecule has 0 aliphatic carbocycles. The highest BCUT2D eigenvalue weighted by Crippen LogP contribution is 2.31. The number of ether oxygens (including phenoxy) is 1. The lowest BCUT2D eigenvalue weighted by Gasteiger charge is -2.26. The highest BCUT2D eigenvalue weighted by molar-refractivity contribution is 7.89. The normalized spacial score (nSPS) is 15.3. The topological polar surface area (TPSA) is 75.7 Å². The van der Waals surface area contributed by atoms with Gasteiger partial charge in [-0.05, 0) is 69.2 Å². The number of nitrogens with zero attached hydrogens (tertiary/aromatic N) is 1. The molecule has 6 nitrogen and oxygen atoms in total. The molecule has 1 N–H and O–H groups in total. The highest BCUT2D eigenvalue weighted by Gasteiger charge is 2.27. The van der Waals surface area contributed by atoms with E-state index < -0.39 is 10.0 Å². The second-order valence-corrected chi connectivity index (χ2v) is 10.7. The Labute approximate surface area is 183 Å². The Bertz CT molecular complexity index is 934. The summed E-state index contributed by atoms with van der Waals surface area (Å²) in [5.74, 6) is 0.335. The average molecular weight is 451 g/mol. The van der Waals surface area contributed by atoms with E-state index in [-0.39, 0.29) is 16.9 Å². The predicted molar refractivity (Wildman–Crippen MR) is 121 cm³/mol. The molecular formula is C22H30N2O4S2. The van der Waals surface area contributed by atoms with Crippen LogP contribution >= 0.6 is 11.3 Å². The molecule has 30 heavy (non-hydrogen) atoms. The van der Waals surface area contributed by atoms with Crippen molar-refractivity contribution in [2.75, 3.05) is 18.4 Å². The van der Waals surface area contributed by atoms with Gasteiger partial charge in [0.1, 0.15) is 5.75 Å². The number of carbonyl (C=O) groups is 1. The smallest absolute Gasteiger partial charge is 0.243 e. The van der Waals surface area contributed by atoms with Crippen LogP contribution in [-0.4, -0.2) is 37.8 Å². The van der Waals surface area contributed by atoms with E-state index in [9.17, 15) is 13.2 Å². The third-order valence-corrected chi connectivity index (χ3v) is 7.78. The monoisotopic (exact) mass is 450 g/mol. The summed E-state index contributed by atoms with van der Waals surface area (Å²) in [7, 11) is -3.58. The predicted octanol–water partition coefficient (Wildman–Crippen LogP) is 4.67. The van der Waals surface area contributed by atoms with Crippen LogP contribution in [0.1, 0.15) is 50.8 Å². The fraction of sp³-hybridized carbons (Fsp3) is 0.500. The fourth-order valence-electron chi connectivity index (χ4n) is 3.47. The van der Waals surface area contributed by atoms with Gasteiger partial charge in [0.25, 0.3) is 0 Å². The van der Waals surface area contributed by atoms with Gasteiger partial charge in [-0.1, -0.05) is 12.5 Å². The van der Waals surface area contributed by atoms with Crippen molar-refractivity contribution in [3.63, 3.8) is 0 Å². The van der Waals surface area contributed by atoms with Gasteiger partial charge in [-0.25, -0.2) is 8.42 Å². The lowest BCUT2D eigenvalue weighted by atomic mass is 10.2. The summed E-state index contributed by atoms with van der Waals surface area (Å²) < 4.78 is 33.4. The van der Waals surface area contributed by atoms with Crippen LogP contribution in [0, 0.1) is 0 Å². The number of rotatable bonds is 9. The van der Waals surface area contributed by atoms with Crippen molar-refractivity contribution in [1.82, 2.24) is 4.31 Å². The molecular weight excluding hydrogens is 420 g/mol. The van der Waals surface area contributed by atoms with E-state index in [2.05, 4.69) is 11.4 Å². The van der Waals surface area contributed by atoms with Gasteiger partial charge in [-0.2, -0.15) is 4.31 Å². The van der Waals surface area contributed by atoms with Crippen molar-refractivity contribution >= 4 is 33.0 Å². The number of piperidine rings is 1. The minimum absolute atomic E-state index is 0.0935. The lowest BCUT2D eigenvalue weighted by Crippen LogP contribution is -2.35. The van der Waals surface area contributed by atoms with E-state index in [1.165, 1.54) is 15.2 Å². The number of hydrogen-bond acceptors (Lipinski definition) is 5. The molecule has 0 bridgehead atoms. The van der Waals surface area contributed by atoms with Crippen molar-refractivity contribution in [2.24, 2.45) is 0 Å². The highest BCUT2D eigenvalue weighted by atomic mass is 32.2. The van der Waals surface area contributed by atoms with Gasteiger partial charge in [0.2, 0.25) is 15.9 Å². The van der Waals surface area contributed by atoms with Crippen LogP contribution in [0.2, 0.25) is 0 Å². The van der Waals surface area contributed by atoms with Crippen molar-refractivity contribution in [3.8, 4) is 5.75 Å². The number of carbonyl (C=O) groups excluding carboxylic acids is 1. The second kappa shape index (κ2) is 10.4. The zero-order valence-electron chi connectivity index (χ0n) is 17.6. The van der Waals surface area contributed by atoms with Crippen LogP contribution in [0.15, 0.2) is 40.6 Å². The van der Waals surface area contributed by atoms with Crippen molar-refractivity contribution in [2.45, 2.75) is 63.4 Å². The molecule has 1 aromatic carbocycles. The number of nitrogens with one attached hydrogen (secondary N) is 1. The standard InChI is InChI=1S/C22H30N2O4S2/c1-17(2)28-21-12-11-19(30(26,27)24-13-4-3-5-14-24)16-20(21)23-22(25)10-6-8-18-9-7-15-29-18/h7,9,11-12,15-17H,3-6,8,10,13-14H2,1-2H3,(H,23,25). The number of anilines is 1. The van der Waals surface area contributed by atoms with Crippen molar-refractivity contribution in [1.29, 1.82) is 0 Å². The van der Waals surface area contributed by atoms with Gasteiger partial charge in [0.05, 0.1) is 16.7 Å². The molecule has 1 aliphatic rings. The van der Waals surface area contributed by atoms with E-state index in [1.807, 2.05) is 25.3 Å². The van der Waals surface area contributed by atoms with E-state index in [4.69, 9.17) is 4.74 Å². The largest absolute Gasteiger partial charge is 0.489 e. The van der Waals surface area contributed by atoms with Gasteiger partial charge < -0.3 is 10.1 Å². The maximum atomic E-state index is 13.0. The van der Waals surface area contributed by atoms with Crippen LogP contribution in [0.5, 0.6) is 5.75 Å². The quantitative estimate of drug-likeness (QED) is 0.602. The average Bonchev–Trinajstić information content (AvgIpc) is 3.23. The molecule has 3 rings (SSSR count). The maximum Gasteiger partial charge on any atom is 0.243 e. The zero-order chi connectivity index (χ0) is 21.6. The van der Waals surface area contributed by atoms with Crippen molar-refractivity contribution < 1.29 is 17.9 Å². The Morgan fingerprint density at radius 1 is 1.20 bits per heavy atom. The summed E-state index contributed by atoms with van der Waals surface area (Å²) in [5, 5.41) is 4.89. The fourth-order valence-corrected chi connectivity index (χ4v) is 5.76. The van der Waals surface area contributed by atoms with Crippen molar-refractivity contribution in [3.05, 3.63) is 40.6 Å². The zero-order valence-corrected chi connectivity index (χ0v) is 19.2. The summed E-state index contributed by atoms with van der Waals surface area (Å²) in [6.07, 6.45) is 4.66. The number of sulfonamides is 1. The lowest BCUT2D eigenvalue weighted by molar-refractivity contribution is -0.116. The summed E-state index contributed by atoms with van der Waals surface area (Å²) in [4.78, 5) is 14.0. The van der Waals surface area contributed by atoms with E-state index in [0.717, 1.165) is 32.1 Å². The molecule has 0 unspecified atom stereocenters. The minimum Gasteiger partial charge on any atom is -0.489 e. The van der Waals surface area contributed by atoms with E-state index in [0.29, 0.717) is 30.9 Å². The Balaban J connectivity index is 1.74. The second-order valence-electron chi connectivity index (χ2n) is 7.77. The van der Waals surface area contributed by atoms with Crippen LogP contribution in [0.4, 0.5) is 5.69 Å². The Kier molecular flexibility index (Phi) is 7.91. The number of benzene rings is 1. The van der Waals surface area contributed by atoms with Gasteiger partial charge >= 0.3 is 0 Å². The van der Waals surface area contributed by atoms with Gasteiger partial charge in [-0.15, -0.1) is 11.3 Å². The summed E-state index contributed by atoms with van der Waals surface area (Å²) in [6.45, 7) is 4.87. The molecule has 2 aromatic rings. The SMILES string of the molecule is CC(C)Oc1ccc(S(=O)(=O)N2CCCCC2)cc1NC(=O)CCCc1cccs1. The van der Waals surface area contributed by atoms with Gasteiger partial charge in [0, 0.05) is 24.4 Å². The third kappa shape index (κ3) is 6.06. The molecule has 1 fully saturated rings. The molecule has 0 saturated carbocycles. The number of aryl methyl sites for hydroxylation is 1. The number of hydrogen-bond donors (Lipinski definition) is 1. The molecule has 1 aromatic heterocycles. The molecule has 2 heterocycles. The third-order valence-electron chi connectivity index (χ3n) is 4.95. The first-order valence-corrected chi connectivity index (χ1v) is 12.8. The minimum atomic E-state index is -3.58. The molecule has 0 radical (unpaired) electrons. The molecule has 164 valence electrons.